The molecular formula is C18H24N4O2. The van der Waals surface area contributed by atoms with Gasteiger partial charge in [0.15, 0.2) is 0 Å². The molecule has 6 nitrogen and oxygen atoms in total. The molecule has 0 saturated carbocycles. The van der Waals surface area contributed by atoms with E-state index < -0.39 is 0 Å². The monoisotopic (exact) mass is 328 g/mol. The fourth-order valence-corrected chi connectivity index (χ4v) is 3.28. The third-order valence-corrected chi connectivity index (χ3v) is 4.77. The number of aliphatic hydroxyl groups is 1. The normalized spacial score (nSPS) is 17.0. The highest BCUT2D eigenvalue weighted by Crippen LogP contribution is 2.23. The van der Waals surface area contributed by atoms with Gasteiger partial charge >= 0.3 is 0 Å². The van der Waals surface area contributed by atoms with Gasteiger partial charge in [0.25, 0.3) is 0 Å². The molecule has 24 heavy (non-hydrogen) atoms. The number of benzene rings is 1. The van der Waals surface area contributed by atoms with Crippen molar-refractivity contribution in [2.24, 2.45) is 5.92 Å². The zero-order chi connectivity index (χ0) is 16.8. The molecule has 1 aliphatic rings. The zero-order valence-corrected chi connectivity index (χ0v) is 13.8. The molecule has 1 saturated heterocycles. The summed E-state index contributed by atoms with van der Waals surface area (Å²) in [6.07, 6.45) is 5.81. The molecule has 1 atom stereocenters. The molecular weight excluding hydrogens is 304 g/mol. The van der Waals surface area contributed by atoms with E-state index in [1.807, 2.05) is 39.8 Å². The maximum absolute atomic E-state index is 12.3. The highest BCUT2D eigenvalue weighted by atomic mass is 16.3. The molecule has 128 valence electrons. The second kappa shape index (κ2) is 8.06. The first-order valence-electron chi connectivity index (χ1n) is 8.54. The summed E-state index contributed by atoms with van der Waals surface area (Å²) in [6.45, 7) is 2.08. The molecule has 2 aromatic rings. The van der Waals surface area contributed by atoms with Crippen LogP contribution in [0.1, 0.15) is 24.8 Å². The molecule has 1 fully saturated rings. The van der Waals surface area contributed by atoms with Crippen LogP contribution < -0.4 is 0 Å². The predicted octanol–water partition coefficient (Wildman–Crippen LogP) is 1.51. The molecule has 1 aliphatic heterocycles. The molecule has 0 bridgehead atoms. The van der Waals surface area contributed by atoms with E-state index in [-0.39, 0.29) is 17.9 Å². The summed E-state index contributed by atoms with van der Waals surface area (Å²) < 4.78 is 1.81. The van der Waals surface area contributed by atoms with Gasteiger partial charge in [-0.15, -0.1) is 10.2 Å². The van der Waals surface area contributed by atoms with Gasteiger partial charge in [0.2, 0.25) is 5.91 Å². The molecule has 0 spiro atoms. The maximum atomic E-state index is 12.3. The van der Waals surface area contributed by atoms with Crippen LogP contribution >= 0.6 is 0 Å². The second-order valence-electron chi connectivity index (χ2n) is 6.42. The summed E-state index contributed by atoms with van der Waals surface area (Å²) in [5.41, 5.74) is 1.16. The lowest BCUT2D eigenvalue weighted by Gasteiger charge is -2.34. The Kier molecular flexibility index (Phi) is 5.59. The number of carbonyl (C=O) groups excluding carboxylic acids is 1. The van der Waals surface area contributed by atoms with Crippen molar-refractivity contribution in [3.8, 4) is 0 Å². The van der Waals surface area contributed by atoms with Gasteiger partial charge in [-0.1, -0.05) is 30.3 Å². The summed E-state index contributed by atoms with van der Waals surface area (Å²) in [5, 5.41) is 17.9. The summed E-state index contributed by atoms with van der Waals surface area (Å²) >= 11 is 0. The van der Waals surface area contributed by atoms with E-state index in [1.165, 1.54) is 0 Å². The van der Waals surface area contributed by atoms with Crippen molar-refractivity contribution >= 4 is 5.91 Å². The third kappa shape index (κ3) is 4.41. The summed E-state index contributed by atoms with van der Waals surface area (Å²) in [5.74, 6) is 0.437. The molecule has 6 heteroatoms. The first kappa shape index (κ1) is 16.6. The van der Waals surface area contributed by atoms with Crippen molar-refractivity contribution < 1.29 is 9.90 Å². The Morgan fingerprint density at radius 1 is 1.17 bits per heavy atom. The number of aromatic nitrogens is 3. The Labute approximate surface area is 142 Å². The smallest absolute Gasteiger partial charge is 0.224 e. The summed E-state index contributed by atoms with van der Waals surface area (Å²) in [4.78, 5) is 14.2. The Bertz CT molecular complexity index is 622. The van der Waals surface area contributed by atoms with Crippen LogP contribution in [-0.4, -0.2) is 49.9 Å². The Morgan fingerprint density at radius 2 is 1.83 bits per heavy atom. The van der Waals surface area contributed by atoms with Gasteiger partial charge in [-0.3, -0.25) is 4.79 Å². The number of aliphatic hydroxyl groups excluding tert-OH is 1. The average molecular weight is 328 g/mol. The molecule has 1 amide bonds. The molecule has 1 unspecified atom stereocenters. The Hall–Kier alpha value is -2.21. The SMILES string of the molecule is O=C(CCn1cnnc1)N1CCC(C(O)Cc2ccccc2)CC1. The first-order chi connectivity index (χ1) is 11.7. The lowest BCUT2D eigenvalue weighted by atomic mass is 9.88. The molecule has 3 rings (SSSR count). The van der Waals surface area contributed by atoms with Crippen molar-refractivity contribution in [2.45, 2.75) is 38.3 Å². The number of rotatable bonds is 6. The minimum absolute atomic E-state index is 0.166. The van der Waals surface area contributed by atoms with Crippen molar-refractivity contribution in [1.29, 1.82) is 0 Å². The van der Waals surface area contributed by atoms with Crippen molar-refractivity contribution in [3.63, 3.8) is 0 Å². The molecule has 1 aromatic heterocycles. The highest BCUT2D eigenvalue weighted by Gasteiger charge is 2.27. The van der Waals surface area contributed by atoms with Crippen LogP contribution in [-0.2, 0) is 17.8 Å². The lowest BCUT2D eigenvalue weighted by Crippen LogP contribution is -2.41. The van der Waals surface area contributed by atoms with Crippen LogP contribution in [0.3, 0.4) is 0 Å². The van der Waals surface area contributed by atoms with E-state index in [1.54, 1.807) is 12.7 Å². The molecule has 1 aromatic carbocycles. The van der Waals surface area contributed by atoms with Crippen LogP contribution in [0.4, 0.5) is 0 Å². The van der Waals surface area contributed by atoms with E-state index in [0.717, 1.165) is 31.5 Å². The maximum Gasteiger partial charge on any atom is 0.224 e. The third-order valence-electron chi connectivity index (χ3n) is 4.77. The van der Waals surface area contributed by atoms with Crippen LogP contribution in [0.15, 0.2) is 43.0 Å². The topological polar surface area (TPSA) is 71.2 Å². The molecule has 1 N–H and O–H groups in total. The van der Waals surface area contributed by atoms with E-state index in [2.05, 4.69) is 10.2 Å². The van der Waals surface area contributed by atoms with E-state index in [0.29, 0.717) is 19.4 Å². The number of carbonyl (C=O) groups is 1. The fraction of sp³-hybridized carbons (Fsp3) is 0.500. The van der Waals surface area contributed by atoms with Gasteiger partial charge in [-0.2, -0.15) is 0 Å². The van der Waals surface area contributed by atoms with Crippen LogP contribution in [0, 0.1) is 5.92 Å². The Balaban J connectivity index is 1.42. The molecule has 0 radical (unpaired) electrons. The highest BCUT2D eigenvalue weighted by molar-refractivity contribution is 5.76. The number of hydrogen-bond acceptors (Lipinski definition) is 4. The number of nitrogens with zero attached hydrogens (tertiary/aromatic N) is 4. The van der Waals surface area contributed by atoms with E-state index in [4.69, 9.17) is 0 Å². The quantitative estimate of drug-likeness (QED) is 0.872. The van der Waals surface area contributed by atoms with Crippen molar-refractivity contribution in [3.05, 3.63) is 48.5 Å². The van der Waals surface area contributed by atoms with E-state index >= 15 is 0 Å². The predicted molar refractivity (Wildman–Crippen MR) is 90.1 cm³/mol. The summed E-state index contributed by atoms with van der Waals surface area (Å²) in [7, 11) is 0. The Morgan fingerprint density at radius 3 is 2.50 bits per heavy atom. The van der Waals surface area contributed by atoms with Crippen LogP contribution in [0.2, 0.25) is 0 Å². The largest absolute Gasteiger partial charge is 0.392 e. The van der Waals surface area contributed by atoms with Gasteiger partial charge in [0.1, 0.15) is 12.7 Å². The van der Waals surface area contributed by atoms with Gasteiger partial charge in [0, 0.05) is 26.1 Å². The fourth-order valence-electron chi connectivity index (χ4n) is 3.28. The second-order valence-corrected chi connectivity index (χ2v) is 6.42. The lowest BCUT2D eigenvalue weighted by molar-refractivity contribution is -0.133. The average Bonchev–Trinajstić information content (AvgIpc) is 3.14. The van der Waals surface area contributed by atoms with Gasteiger partial charge < -0.3 is 14.6 Å². The molecule has 2 heterocycles. The molecule has 0 aliphatic carbocycles. The number of amides is 1. The van der Waals surface area contributed by atoms with E-state index in [9.17, 15) is 9.90 Å². The standard InChI is InChI=1S/C18H24N4O2/c23-17(12-15-4-2-1-3-5-15)16-6-10-22(11-7-16)18(24)8-9-21-13-19-20-14-21/h1-5,13-14,16-17,23H,6-12H2. The number of piperidine rings is 1. The minimum Gasteiger partial charge on any atom is -0.392 e. The number of aryl methyl sites for hydroxylation is 1. The summed E-state index contributed by atoms with van der Waals surface area (Å²) in [6, 6.07) is 10.1. The first-order valence-corrected chi connectivity index (χ1v) is 8.54. The van der Waals surface area contributed by atoms with Gasteiger partial charge in [0.05, 0.1) is 6.10 Å². The van der Waals surface area contributed by atoms with Gasteiger partial charge in [-0.25, -0.2) is 0 Å². The van der Waals surface area contributed by atoms with Crippen LogP contribution in [0.5, 0.6) is 0 Å². The number of hydrogen-bond donors (Lipinski definition) is 1. The zero-order valence-electron chi connectivity index (χ0n) is 13.8. The van der Waals surface area contributed by atoms with Crippen LogP contribution in [0.25, 0.3) is 0 Å². The minimum atomic E-state index is -0.332. The van der Waals surface area contributed by atoms with Crippen molar-refractivity contribution in [1.82, 2.24) is 19.7 Å². The van der Waals surface area contributed by atoms with Gasteiger partial charge in [-0.05, 0) is 30.7 Å². The number of likely N-dealkylation sites (tertiary alicyclic amines) is 1. The van der Waals surface area contributed by atoms with Crippen molar-refractivity contribution in [2.75, 3.05) is 13.1 Å².